The molecule has 0 heterocycles. The molecule has 0 saturated heterocycles. The third-order valence-corrected chi connectivity index (χ3v) is 2.38. The summed E-state index contributed by atoms with van der Waals surface area (Å²) in [5, 5.41) is 2.82. The van der Waals surface area contributed by atoms with Crippen LogP contribution in [0, 0.1) is 4.91 Å². The van der Waals surface area contributed by atoms with Crippen molar-refractivity contribution >= 4 is 11.8 Å². The van der Waals surface area contributed by atoms with Crippen LogP contribution in [-0.2, 0) is 6.54 Å². The summed E-state index contributed by atoms with van der Waals surface area (Å²) in [5.74, 6) is 1.07. The van der Waals surface area contributed by atoms with Crippen LogP contribution in [0.2, 0.25) is 0 Å². The zero-order valence-electron chi connectivity index (χ0n) is 6.99. The summed E-state index contributed by atoms with van der Waals surface area (Å²) in [6.45, 7) is 2.39. The van der Waals surface area contributed by atoms with Gasteiger partial charge in [-0.1, -0.05) is 24.2 Å². The van der Waals surface area contributed by atoms with Gasteiger partial charge in [0, 0.05) is 4.90 Å². The third kappa shape index (κ3) is 2.66. The summed E-state index contributed by atoms with van der Waals surface area (Å²) >= 11 is 1.79. The van der Waals surface area contributed by atoms with Gasteiger partial charge < -0.3 is 0 Å². The zero-order chi connectivity index (χ0) is 8.81. The average Bonchev–Trinajstić information content (AvgIpc) is 2.09. The van der Waals surface area contributed by atoms with E-state index in [1.54, 1.807) is 11.8 Å². The number of nitrogens with zero attached hydrogens (tertiary/aromatic N) is 1. The van der Waals surface area contributed by atoms with Crippen LogP contribution in [0.3, 0.4) is 0 Å². The van der Waals surface area contributed by atoms with Crippen LogP contribution in [0.15, 0.2) is 34.3 Å². The Kier molecular flexibility index (Phi) is 3.80. The molecule has 0 aromatic heterocycles. The first-order chi connectivity index (χ1) is 5.86. The molecule has 0 fully saturated rings. The normalized spacial score (nSPS) is 9.75. The molecule has 0 amide bonds. The van der Waals surface area contributed by atoms with Crippen LogP contribution in [0.5, 0.6) is 0 Å². The maximum absolute atomic E-state index is 9.93. The third-order valence-electron chi connectivity index (χ3n) is 1.48. The second-order valence-electron chi connectivity index (χ2n) is 2.36. The van der Waals surface area contributed by atoms with Crippen molar-refractivity contribution in [3.05, 3.63) is 34.7 Å². The fourth-order valence-corrected chi connectivity index (χ4v) is 1.59. The van der Waals surface area contributed by atoms with Gasteiger partial charge in [0.15, 0.2) is 0 Å². The Morgan fingerprint density at radius 1 is 1.33 bits per heavy atom. The van der Waals surface area contributed by atoms with Crippen molar-refractivity contribution in [1.29, 1.82) is 0 Å². The summed E-state index contributed by atoms with van der Waals surface area (Å²) in [7, 11) is 0. The molecule has 64 valence electrons. The van der Waals surface area contributed by atoms with E-state index in [-0.39, 0.29) is 6.54 Å². The second-order valence-corrected chi connectivity index (χ2v) is 3.70. The van der Waals surface area contributed by atoms with Gasteiger partial charge in [-0.3, -0.25) is 0 Å². The van der Waals surface area contributed by atoms with Gasteiger partial charge in [0.1, 0.15) is 6.54 Å². The fourth-order valence-electron chi connectivity index (χ4n) is 0.932. The standard InChI is InChI=1S/C9H11NOS/c1-2-12-9-5-3-8(4-6-9)7-10-11/h3-6H,2,7H2,1H3. The van der Waals surface area contributed by atoms with Crippen molar-refractivity contribution in [2.24, 2.45) is 5.18 Å². The summed E-state index contributed by atoms with van der Waals surface area (Å²) in [6.07, 6.45) is 0. The number of hydrogen-bond donors (Lipinski definition) is 0. The lowest BCUT2D eigenvalue weighted by atomic mass is 10.2. The maximum atomic E-state index is 9.93. The molecule has 1 aromatic rings. The molecule has 0 aliphatic carbocycles. The monoisotopic (exact) mass is 181 g/mol. The van der Waals surface area contributed by atoms with Gasteiger partial charge in [0.2, 0.25) is 0 Å². The largest absolute Gasteiger partial charge is 0.150 e. The number of benzene rings is 1. The first-order valence-electron chi connectivity index (χ1n) is 3.87. The summed E-state index contributed by atoms with van der Waals surface area (Å²) < 4.78 is 0. The highest BCUT2D eigenvalue weighted by Crippen LogP contribution is 2.17. The highest BCUT2D eigenvalue weighted by Gasteiger charge is 1.93. The van der Waals surface area contributed by atoms with Crippen LogP contribution < -0.4 is 0 Å². The predicted molar refractivity (Wildman–Crippen MR) is 52.3 cm³/mol. The molecule has 0 atom stereocenters. The van der Waals surface area contributed by atoms with Crippen LogP contribution in [-0.4, -0.2) is 5.75 Å². The lowest BCUT2D eigenvalue weighted by molar-refractivity contribution is 1.05. The fraction of sp³-hybridized carbons (Fsp3) is 0.333. The van der Waals surface area contributed by atoms with Crippen molar-refractivity contribution in [1.82, 2.24) is 0 Å². The molecule has 1 aromatic carbocycles. The van der Waals surface area contributed by atoms with E-state index < -0.39 is 0 Å². The Labute approximate surface area is 76.3 Å². The first kappa shape index (κ1) is 9.26. The number of hydrogen-bond acceptors (Lipinski definition) is 3. The number of nitroso groups, excluding NO2 is 1. The van der Waals surface area contributed by atoms with Gasteiger partial charge >= 0.3 is 0 Å². The zero-order valence-corrected chi connectivity index (χ0v) is 7.80. The Morgan fingerprint density at radius 2 is 2.00 bits per heavy atom. The Morgan fingerprint density at radius 3 is 2.50 bits per heavy atom. The number of rotatable bonds is 4. The molecule has 12 heavy (non-hydrogen) atoms. The summed E-state index contributed by atoms with van der Waals surface area (Å²) in [5.41, 5.74) is 0.977. The molecule has 0 bridgehead atoms. The molecule has 0 aliphatic heterocycles. The maximum Gasteiger partial charge on any atom is 0.106 e. The van der Waals surface area contributed by atoms with Crippen LogP contribution in [0.4, 0.5) is 0 Å². The molecule has 0 unspecified atom stereocenters. The molecular formula is C9H11NOS. The SMILES string of the molecule is CCSc1ccc(CN=O)cc1. The minimum absolute atomic E-state index is 0.275. The van der Waals surface area contributed by atoms with Gasteiger partial charge in [0.05, 0.1) is 0 Å². The quantitative estimate of drug-likeness (QED) is 0.527. The molecule has 0 radical (unpaired) electrons. The molecule has 0 saturated carbocycles. The molecule has 1 rings (SSSR count). The lowest BCUT2D eigenvalue weighted by Crippen LogP contribution is -1.79. The molecule has 3 heteroatoms. The van der Waals surface area contributed by atoms with E-state index in [0.717, 1.165) is 11.3 Å². The second kappa shape index (κ2) is 4.93. The van der Waals surface area contributed by atoms with Crippen molar-refractivity contribution in [2.45, 2.75) is 18.4 Å². The van der Waals surface area contributed by atoms with Crippen molar-refractivity contribution in [2.75, 3.05) is 5.75 Å². The summed E-state index contributed by atoms with van der Waals surface area (Å²) in [6, 6.07) is 7.93. The molecule has 0 N–H and O–H groups in total. The van der Waals surface area contributed by atoms with Crippen LogP contribution in [0.25, 0.3) is 0 Å². The molecule has 0 spiro atoms. The van der Waals surface area contributed by atoms with Crippen molar-refractivity contribution in [3.63, 3.8) is 0 Å². The first-order valence-corrected chi connectivity index (χ1v) is 4.86. The molecular weight excluding hydrogens is 170 g/mol. The van der Waals surface area contributed by atoms with E-state index in [4.69, 9.17) is 0 Å². The minimum Gasteiger partial charge on any atom is -0.150 e. The van der Waals surface area contributed by atoms with E-state index in [0.29, 0.717) is 0 Å². The van der Waals surface area contributed by atoms with E-state index in [2.05, 4.69) is 12.1 Å². The Hall–Kier alpha value is -0.830. The van der Waals surface area contributed by atoms with E-state index in [1.807, 2.05) is 24.3 Å². The van der Waals surface area contributed by atoms with Crippen molar-refractivity contribution in [3.8, 4) is 0 Å². The lowest BCUT2D eigenvalue weighted by Gasteiger charge is -1.98. The Balaban J connectivity index is 2.64. The summed E-state index contributed by atoms with van der Waals surface area (Å²) in [4.78, 5) is 11.2. The number of thioether (sulfide) groups is 1. The van der Waals surface area contributed by atoms with Gasteiger partial charge in [-0.25, -0.2) is 0 Å². The van der Waals surface area contributed by atoms with E-state index in [1.165, 1.54) is 4.90 Å². The van der Waals surface area contributed by atoms with Crippen LogP contribution >= 0.6 is 11.8 Å². The van der Waals surface area contributed by atoms with Gasteiger partial charge in [-0.05, 0) is 23.4 Å². The van der Waals surface area contributed by atoms with Crippen LogP contribution in [0.1, 0.15) is 12.5 Å². The topological polar surface area (TPSA) is 29.4 Å². The molecule has 2 nitrogen and oxygen atoms in total. The smallest absolute Gasteiger partial charge is 0.106 e. The predicted octanol–water partition coefficient (Wildman–Crippen LogP) is 3.07. The highest BCUT2D eigenvalue weighted by atomic mass is 32.2. The minimum atomic E-state index is 0.275. The van der Waals surface area contributed by atoms with Gasteiger partial charge in [0.25, 0.3) is 0 Å². The molecule has 0 aliphatic rings. The van der Waals surface area contributed by atoms with Gasteiger partial charge in [-0.15, -0.1) is 11.8 Å². The van der Waals surface area contributed by atoms with E-state index in [9.17, 15) is 4.91 Å². The average molecular weight is 181 g/mol. The van der Waals surface area contributed by atoms with E-state index >= 15 is 0 Å². The van der Waals surface area contributed by atoms with Crippen molar-refractivity contribution < 1.29 is 0 Å². The highest BCUT2D eigenvalue weighted by molar-refractivity contribution is 7.99. The van der Waals surface area contributed by atoms with Gasteiger partial charge in [-0.2, -0.15) is 4.91 Å². The Bertz CT molecular complexity index is 245.